The van der Waals surface area contributed by atoms with Gasteiger partial charge in [-0.2, -0.15) is 0 Å². The number of rotatable bonds is 5. The van der Waals surface area contributed by atoms with Crippen LogP contribution in [0.5, 0.6) is 0 Å². The van der Waals surface area contributed by atoms with Crippen LogP contribution in [0.3, 0.4) is 0 Å². The summed E-state index contributed by atoms with van der Waals surface area (Å²) in [6, 6.07) is 6.82. The Morgan fingerprint density at radius 1 is 1.26 bits per heavy atom. The molecule has 2 saturated heterocycles. The second-order valence-electron chi connectivity index (χ2n) is 6.55. The first-order chi connectivity index (χ1) is 12.1. The lowest BCUT2D eigenvalue weighted by atomic mass is 10.2. The lowest BCUT2D eigenvalue weighted by Crippen LogP contribution is -2.54. The van der Waals surface area contributed by atoms with Crippen LogP contribution in [0.4, 0.5) is 11.4 Å². The van der Waals surface area contributed by atoms with Crippen LogP contribution in [0.1, 0.15) is 19.8 Å². The maximum Gasteiger partial charge on any atom is 0.246 e. The van der Waals surface area contributed by atoms with Crippen LogP contribution in [0.25, 0.3) is 0 Å². The van der Waals surface area contributed by atoms with Gasteiger partial charge in [-0.15, -0.1) is 24.8 Å². The number of nitrogens with one attached hydrogen (secondary N) is 3. The SMILES string of the molecule is CC(NC(=O)C1COCCN1)C(=O)Nc1cccc(N2CCCC2)c1.Cl.Cl. The topological polar surface area (TPSA) is 82.7 Å². The first kappa shape index (κ1) is 23.5. The monoisotopic (exact) mass is 418 g/mol. The Balaban J connectivity index is 0.00000182. The molecular weight excluding hydrogens is 391 g/mol. The fourth-order valence-corrected chi connectivity index (χ4v) is 3.12. The summed E-state index contributed by atoms with van der Waals surface area (Å²) in [5, 5.41) is 8.69. The highest BCUT2D eigenvalue weighted by atomic mass is 35.5. The normalized spacial score (nSPS) is 20.0. The highest BCUT2D eigenvalue weighted by Gasteiger charge is 2.24. The predicted molar refractivity (Wildman–Crippen MR) is 111 cm³/mol. The number of ether oxygens (including phenoxy) is 1. The van der Waals surface area contributed by atoms with E-state index in [1.165, 1.54) is 12.8 Å². The van der Waals surface area contributed by atoms with Crippen LogP contribution < -0.4 is 20.9 Å². The van der Waals surface area contributed by atoms with Gasteiger partial charge in [0.05, 0.1) is 13.2 Å². The molecule has 0 bridgehead atoms. The molecule has 3 N–H and O–H groups in total. The van der Waals surface area contributed by atoms with Gasteiger partial charge in [0, 0.05) is 31.0 Å². The van der Waals surface area contributed by atoms with E-state index in [2.05, 4.69) is 26.9 Å². The fourth-order valence-electron chi connectivity index (χ4n) is 3.12. The van der Waals surface area contributed by atoms with Crippen LogP contribution in [-0.2, 0) is 14.3 Å². The Kier molecular flexibility index (Phi) is 9.87. The number of anilines is 2. The van der Waals surface area contributed by atoms with E-state index in [-0.39, 0.29) is 36.6 Å². The van der Waals surface area contributed by atoms with Crippen molar-refractivity contribution >= 4 is 48.0 Å². The smallest absolute Gasteiger partial charge is 0.246 e. The van der Waals surface area contributed by atoms with Gasteiger partial charge in [-0.25, -0.2) is 0 Å². The van der Waals surface area contributed by atoms with Gasteiger partial charge in [0.1, 0.15) is 12.1 Å². The molecule has 7 nitrogen and oxygen atoms in total. The quantitative estimate of drug-likeness (QED) is 0.675. The second-order valence-corrected chi connectivity index (χ2v) is 6.55. The molecule has 2 aliphatic heterocycles. The van der Waals surface area contributed by atoms with Crippen LogP contribution in [-0.4, -0.2) is 56.7 Å². The third-order valence-electron chi connectivity index (χ3n) is 4.58. The number of carbonyl (C=O) groups excluding carboxylic acids is 2. The molecule has 1 aromatic carbocycles. The van der Waals surface area contributed by atoms with E-state index in [1.54, 1.807) is 6.92 Å². The summed E-state index contributed by atoms with van der Waals surface area (Å²) >= 11 is 0. The Morgan fingerprint density at radius 2 is 2.00 bits per heavy atom. The lowest BCUT2D eigenvalue weighted by molar-refractivity contribution is -0.129. The van der Waals surface area contributed by atoms with Gasteiger partial charge in [0.15, 0.2) is 0 Å². The van der Waals surface area contributed by atoms with Gasteiger partial charge in [0.2, 0.25) is 11.8 Å². The number of amides is 2. The van der Waals surface area contributed by atoms with E-state index in [9.17, 15) is 9.59 Å². The molecule has 9 heteroatoms. The van der Waals surface area contributed by atoms with Gasteiger partial charge < -0.3 is 25.6 Å². The molecule has 0 aromatic heterocycles. The molecule has 2 fully saturated rings. The van der Waals surface area contributed by atoms with Crippen LogP contribution in [0.2, 0.25) is 0 Å². The minimum absolute atomic E-state index is 0. The number of benzene rings is 1. The van der Waals surface area contributed by atoms with Crippen molar-refractivity contribution in [3.8, 4) is 0 Å². The molecule has 27 heavy (non-hydrogen) atoms. The zero-order valence-corrected chi connectivity index (χ0v) is 17.0. The standard InChI is InChI=1S/C18H26N4O3.2ClH/c1-13(20-18(24)16-12-25-10-7-19-16)17(23)21-14-5-4-6-15(11-14)22-8-2-3-9-22;;/h4-6,11,13,16,19H,2-3,7-10,12H2,1H3,(H,20,24)(H,21,23);2*1H. The molecule has 152 valence electrons. The fraction of sp³-hybridized carbons (Fsp3) is 0.556. The average Bonchev–Trinajstić information content (AvgIpc) is 3.17. The van der Waals surface area contributed by atoms with Gasteiger partial charge in [-0.1, -0.05) is 6.07 Å². The zero-order valence-electron chi connectivity index (χ0n) is 15.4. The van der Waals surface area contributed by atoms with Gasteiger partial charge in [-0.3, -0.25) is 9.59 Å². The second kappa shape index (κ2) is 11.3. The Morgan fingerprint density at radius 3 is 2.67 bits per heavy atom. The maximum atomic E-state index is 12.4. The number of halogens is 2. The van der Waals surface area contributed by atoms with Gasteiger partial charge in [0.25, 0.3) is 0 Å². The van der Waals surface area contributed by atoms with Crippen LogP contribution >= 0.6 is 24.8 Å². The molecule has 2 aliphatic rings. The molecule has 0 spiro atoms. The van der Waals surface area contributed by atoms with Crippen molar-refractivity contribution in [2.45, 2.75) is 31.8 Å². The molecule has 2 unspecified atom stereocenters. The summed E-state index contributed by atoms with van der Waals surface area (Å²) in [4.78, 5) is 26.8. The van der Waals surface area contributed by atoms with Crippen molar-refractivity contribution in [2.75, 3.05) is 43.1 Å². The molecule has 0 radical (unpaired) electrons. The highest BCUT2D eigenvalue weighted by molar-refractivity contribution is 5.97. The number of morpholine rings is 1. The van der Waals surface area contributed by atoms with E-state index in [4.69, 9.17) is 4.74 Å². The van der Waals surface area contributed by atoms with Gasteiger partial charge in [-0.05, 0) is 38.0 Å². The van der Waals surface area contributed by atoms with Crippen molar-refractivity contribution in [2.24, 2.45) is 0 Å². The van der Waals surface area contributed by atoms with E-state index in [0.29, 0.717) is 19.8 Å². The predicted octanol–water partition coefficient (Wildman–Crippen LogP) is 1.56. The van der Waals surface area contributed by atoms with Crippen molar-refractivity contribution in [3.63, 3.8) is 0 Å². The van der Waals surface area contributed by atoms with E-state index in [0.717, 1.165) is 24.5 Å². The zero-order chi connectivity index (χ0) is 17.6. The minimum Gasteiger partial charge on any atom is -0.378 e. The van der Waals surface area contributed by atoms with Gasteiger partial charge >= 0.3 is 0 Å². The summed E-state index contributed by atoms with van der Waals surface area (Å²) in [6.07, 6.45) is 2.41. The molecule has 3 rings (SSSR count). The summed E-state index contributed by atoms with van der Waals surface area (Å²) < 4.78 is 5.27. The van der Waals surface area contributed by atoms with Crippen molar-refractivity contribution in [1.29, 1.82) is 0 Å². The summed E-state index contributed by atoms with van der Waals surface area (Å²) in [5.74, 6) is -0.447. The van der Waals surface area contributed by atoms with E-state index in [1.807, 2.05) is 18.2 Å². The van der Waals surface area contributed by atoms with Crippen molar-refractivity contribution in [1.82, 2.24) is 10.6 Å². The molecule has 2 atom stereocenters. The Hall–Kier alpha value is -1.54. The Labute approximate surface area is 172 Å². The molecule has 2 heterocycles. The third-order valence-corrected chi connectivity index (χ3v) is 4.58. The number of hydrogen-bond donors (Lipinski definition) is 3. The van der Waals surface area contributed by atoms with E-state index < -0.39 is 12.1 Å². The highest BCUT2D eigenvalue weighted by Crippen LogP contribution is 2.23. The Bertz CT molecular complexity index is 620. The number of nitrogens with zero attached hydrogens (tertiary/aromatic N) is 1. The summed E-state index contributed by atoms with van der Waals surface area (Å²) in [5.41, 5.74) is 1.87. The molecular formula is C18H28Cl2N4O3. The molecule has 1 aromatic rings. The molecule has 0 saturated carbocycles. The lowest BCUT2D eigenvalue weighted by Gasteiger charge is -2.24. The summed E-state index contributed by atoms with van der Waals surface area (Å²) in [6.45, 7) is 5.37. The van der Waals surface area contributed by atoms with Crippen molar-refractivity contribution < 1.29 is 14.3 Å². The first-order valence-corrected chi connectivity index (χ1v) is 8.91. The molecule has 0 aliphatic carbocycles. The maximum absolute atomic E-state index is 12.4. The largest absolute Gasteiger partial charge is 0.378 e. The average molecular weight is 419 g/mol. The minimum atomic E-state index is -0.619. The first-order valence-electron chi connectivity index (χ1n) is 8.91. The number of carbonyl (C=O) groups is 2. The van der Waals surface area contributed by atoms with Crippen LogP contribution in [0.15, 0.2) is 24.3 Å². The number of hydrogen-bond acceptors (Lipinski definition) is 5. The van der Waals surface area contributed by atoms with Crippen molar-refractivity contribution in [3.05, 3.63) is 24.3 Å². The van der Waals surface area contributed by atoms with E-state index >= 15 is 0 Å². The summed E-state index contributed by atoms with van der Waals surface area (Å²) in [7, 11) is 0. The van der Waals surface area contributed by atoms with Crippen LogP contribution in [0, 0.1) is 0 Å². The third kappa shape index (κ3) is 6.53. The molecule has 2 amide bonds.